The third kappa shape index (κ3) is 5.25. The zero-order chi connectivity index (χ0) is 12.0. The van der Waals surface area contributed by atoms with Crippen molar-refractivity contribution in [1.82, 2.24) is 4.72 Å². The summed E-state index contributed by atoms with van der Waals surface area (Å²) in [5, 5.41) is 0. The molecule has 2 atom stereocenters. The molecule has 1 aliphatic carbocycles. The molecule has 0 heterocycles. The van der Waals surface area contributed by atoms with E-state index in [2.05, 4.69) is 4.72 Å². The maximum Gasteiger partial charge on any atom is 0.211 e. The number of methoxy groups -OCH3 is 1. The first-order chi connectivity index (χ1) is 7.53. The van der Waals surface area contributed by atoms with Crippen LogP contribution in [0.15, 0.2) is 0 Å². The second-order valence-corrected chi connectivity index (χ2v) is 6.38. The molecule has 0 saturated heterocycles. The van der Waals surface area contributed by atoms with Crippen LogP contribution in [0.25, 0.3) is 0 Å². The fourth-order valence-corrected chi connectivity index (χ4v) is 3.14. The van der Waals surface area contributed by atoms with Gasteiger partial charge in [-0.1, -0.05) is 0 Å². The van der Waals surface area contributed by atoms with Crippen LogP contribution in [-0.4, -0.2) is 40.5 Å². The molecule has 1 aliphatic rings. The lowest BCUT2D eigenvalue weighted by molar-refractivity contribution is 0.199. The lowest BCUT2D eigenvalue weighted by atomic mass is 10.1. The van der Waals surface area contributed by atoms with Crippen LogP contribution in [-0.2, 0) is 14.8 Å². The number of hydrogen-bond acceptors (Lipinski definition) is 4. The summed E-state index contributed by atoms with van der Waals surface area (Å²) in [7, 11) is -1.56. The molecule has 0 aromatic rings. The molecule has 16 heavy (non-hydrogen) atoms. The third-order valence-electron chi connectivity index (χ3n) is 2.94. The highest BCUT2D eigenvalue weighted by Gasteiger charge is 2.23. The Kier molecular flexibility index (Phi) is 5.68. The Bertz CT molecular complexity index is 292. The molecular formula is C10H22N2O3S. The van der Waals surface area contributed by atoms with Gasteiger partial charge in [0.25, 0.3) is 0 Å². The first-order valence-electron chi connectivity index (χ1n) is 5.75. The van der Waals surface area contributed by atoms with Crippen LogP contribution in [0.3, 0.4) is 0 Å². The van der Waals surface area contributed by atoms with Gasteiger partial charge in [0.15, 0.2) is 0 Å². The molecule has 5 nitrogen and oxygen atoms in total. The monoisotopic (exact) mass is 250 g/mol. The third-order valence-corrected chi connectivity index (χ3v) is 4.37. The molecule has 96 valence electrons. The lowest BCUT2D eigenvalue weighted by Gasteiger charge is -2.11. The highest BCUT2D eigenvalue weighted by Crippen LogP contribution is 2.23. The van der Waals surface area contributed by atoms with Gasteiger partial charge in [0.05, 0.1) is 5.75 Å². The Labute approximate surface area is 97.8 Å². The summed E-state index contributed by atoms with van der Waals surface area (Å²) >= 11 is 0. The van der Waals surface area contributed by atoms with Gasteiger partial charge in [-0.2, -0.15) is 0 Å². The maximum absolute atomic E-state index is 11.5. The van der Waals surface area contributed by atoms with Gasteiger partial charge in [0.1, 0.15) is 0 Å². The summed E-state index contributed by atoms with van der Waals surface area (Å²) in [6, 6.07) is 0.253. The summed E-state index contributed by atoms with van der Waals surface area (Å²) in [4.78, 5) is 0. The molecule has 1 rings (SSSR count). The van der Waals surface area contributed by atoms with Crippen molar-refractivity contribution in [3.8, 4) is 0 Å². The molecule has 3 N–H and O–H groups in total. The average Bonchev–Trinajstić information content (AvgIpc) is 2.62. The van der Waals surface area contributed by atoms with Crippen molar-refractivity contribution in [2.75, 3.05) is 26.0 Å². The van der Waals surface area contributed by atoms with Gasteiger partial charge in [0.2, 0.25) is 10.0 Å². The van der Waals surface area contributed by atoms with Crippen molar-refractivity contribution in [3.05, 3.63) is 0 Å². The second-order valence-electron chi connectivity index (χ2n) is 4.45. The summed E-state index contributed by atoms with van der Waals surface area (Å²) in [5.41, 5.74) is 5.77. The molecule has 0 radical (unpaired) electrons. The van der Waals surface area contributed by atoms with Gasteiger partial charge in [-0.05, 0) is 31.6 Å². The zero-order valence-electron chi connectivity index (χ0n) is 9.81. The van der Waals surface area contributed by atoms with Crippen LogP contribution in [0, 0.1) is 5.92 Å². The maximum atomic E-state index is 11.5. The molecule has 0 amide bonds. The minimum absolute atomic E-state index is 0.139. The van der Waals surface area contributed by atoms with E-state index in [9.17, 15) is 8.42 Å². The Morgan fingerprint density at radius 3 is 2.75 bits per heavy atom. The van der Waals surface area contributed by atoms with Crippen molar-refractivity contribution >= 4 is 10.0 Å². The molecule has 0 aromatic heterocycles. The Hall–Kier alpha value is -0.170. The van der Waals surface area contributed by atoms with E-state index in [1.165, 1.54) is 0 Å². The molecule has 2 unspecified atom stereocenters. The van der Waals surface area contributed by atoms with Gasteiger partial charge in [-0.3, -0.25) is 0 Å². The Balaban J connectivity index is 2.20. The molecule has 0 spiro atoms. The highest BCUT2D eigenvalue weighted by atomic mass is 32.2. The Morgan fingerprint density at radius 1 is 1.44 bits per heavy atom. The quantitative estimate of drug-likeness (QED) is 0.627. The number of nitrogens with two attached hydrogens (primary N) is 1. The number of hydrogen-bond donors (Lipinski definition) is 2. The van der Waals surface area contributed by atoms with Crippen molar-refractivity contribution in [2.24, 2.45) is 11.7 Å². The molecule has 0 bridgehead atoms. The van der Waals surface area contributed by atoms with E-state index in [-0.39, 0.29) is 11.8 Å². The first-order valence-corrected chi connectivity index (χ1v) is 7.40. The van der Waals surface area contributed by atoms with Crippen LogP contribution >= 0.6 is 0 Å². The highest BCUT2D eigenvalue weighted by molar-refractivity contribution is 7.89. The van der Waals surface area contributed by atoms with E-state index < -0.39 is 10.0 Å². The summed E-state index contributed by atoms with van der Waals surface area (Å²) < 4.78 is 30.6. The van der Waals surface area contributed by atoms with Crippen LogP contribution in [0.2, 0.25) is 0 Å². The SMILES string of the molecule is COCCCS(=O)(=O)NCC1CCC(N)C1. The molecule has 6 heteroatoms. The van der Waals surface area contributed by atoms with Crippen LogP contribution < -0.4 is 10.5 Å². The number of rotatable bonds is 7. The van der Waals surface area contributed by atoms with E-state index in [0.29, 0.717) is 25.5 Å². The fourth-order valence-electron chi connectivity index (χ4n) is 2.01. The second kappa shape index (κ2) is 6.54. The summed E-state index contributed by atoms with van der Waals surface area (Å²) in [6.45, 7) is 1.01. The van der Waals surface area contributed by atoms with E-state index in [0.717, 1.165) is 19.3 Å². The minimum atomic E-state index is -3.13. The van der Waals surface area contributed by atoms with Crippen molar-refractivity contribution in [1.29, 1.82) is 0 Å². The number of nitrogens with one attached hydrogen (secondary N) is 1. The summed E-state index contributed by atoms with van der Waals surface area (Å²) in [6.07, 6.45) is 3.51. The number of sulfonamides is 1. The van der Waals surface area contributed by atoms with Gasteiger partial charge >= 0.3 is 0 Å². The van der Waals surface area contributed by atoms with Gasteiger partial charge in [-0.15, -0.1) is 0 Å². The largest absolute Gasteiger partial charge is 0.385 e. The fraction of sp³-hybridized carbons (Fsp3) is 1.00. The van der Waals surface area contributed by atoms with Gasteiger partial charge < -0.3 is 10.5 Å². The van der Waals surface area contributed by atoms with Crippen LogP contribution in [0.4, 0.5) is 0 Å². The smallest absolute Gasteiger partial charge is 0.211 e. The predicted molar refractivity (Wildman–Crippen MR) is 63.6 cm³/mol. The average molecular weight is 250 g/mol. The lowest BCUT2D eigenvalue weighted by Crippen LogP contribution is -2.31. The normalized spacial score (nSPS) is 26.1. The van der Waals surface area contributed by atoms with E-state index in [1.54, 1.807) is 7.11 Å². The molecular weight excluding hydrogens is 228 g/mol. The molecule has 0 aliphatic heterocycles. The Morgan fingerprint density at radius 2 is 2.19 bits per heavy atom. The molecule has 1 saturated carbocycles. The van der Waals surface area contributed by atoms with Crippen LogP contribution in [0.1, 0.15) is 25.7 Å². The standard InChI is InChI=1S/C10H22N2O3S/c1-15-5-2-6-16(13,14)12-8-9-3-4-10(11)7-9/h9-10,12H,2-8,11H2,1H3. The molecule has 1 fully saturated rings. The van der Waals surface area contributed by atoms with E-state index >= 15 is 0 Å². The van der Waals surface area contributed by atoms with Crippen molar-refractivity contribution in [3.63, 3.8) is 0 Å². The summed E-state index contributed by atoms with van der Waals surface area (Å²) in [5.74, 6) is 0.548. The van der Waals surface area contributed by atoms with Crippen LogP contribution in [0.5, 0.6) is 0 Å². The van der Waals surface area contributed by atoms with Gasteiger partial charge in [-0.25, -0.2) is 13.1 Å². The van der Waals surface area contributed by atoms with E-state index in [1.807, 2.05) is 0 Å². The first kappa shape index (κ1) is 13.9. The molecule has 0 aromatic carbocycles. The topological polar surface area (TPSA) is 81.4 Å². The predicted octanol–water partition coefficient (Wildman–Crippen LogP) is 0.0697. The van der Waals surface area contributed by atoms with Crippen molar-refractivity contribution < 1.29 is 13.2 Å². The number of ether oxygens (including phenoxy) is 1. The minimum Gasteiger partial charge on any atom is -0.385 e. The van der Waals surface area contributed by atoms with Crippen molar-refractivity contribution in [2.45, 2.75) is 31.7 Å². The van der Waals surface area contributed by atoms with Gasteiger partial charge in [0, 0.05) is 26.3 Å². The van der Waals surface area contributed by atoms with E-state index in [4.69, 9.17) is 10.5 Å². The zero-order valence-corrected chi connectivity index (χ0v) is 10.6.